The molecule has 6 heteroatoms. The number of benzene rings is 1. The van der Waals surface area contributed by atoms with Crippen molar-refractivity contribution in [3.05, 3.63) is 22.7 Å². The molecule has 0 saturated carbocycles. The van der Waals surface area contributed by atoms with Crippen LogP contribution in [0.15, 0.2) is 12.1 Å². The van der Waals surface area contributed by atoms with E-state index in [2.05, 4.69) is 0 Å². The number of rotatable bonds is 6. The summed E-state index contributed by atoms with van der Waals surface area (Å²) in [4.78, 5) is 11.4. The molecule has 1 aliphatic rings. The van der Waals surface area contributed by atoms with Crippen molar-refractivity contribution in [3.8, 4) is 11.5 Å². The minimum atomic E-state index is -0.795. The maximum Gasteiger partial charge on any atom is 0.305 e. The molecule has 1 aliphatic heterocycles. The second-order valence-corrected chi connectivity index (χ2v) is 4.92. The van der Waals surface area contributed by atoms with E-state index >= 15 is 0 Å². The van der Waals surface area contributed by atoms with Gasteiger partial charge < -0.3 is 19.3 Å². The molecule has 20 heavy (non-hydrogen) atoms. The van der Waals surface area contributed by atoms with Gasteiger partial charge in [0.25, 0.3) is 0 Å². The molecule has 1 aromatic rings. The zero-order valence-electron chi connectivity index (χ0n) is 11.2. The third kappa shape index (κ3) is 3.55. The number of esters is 1. The number of halogens is 1. The van der Waals surface area contributed by atoms with Crippen molar-refractivity contribution in [3.63, 3.8) is 0 Å². The Kier molecular flexibility index (Phi) is 5.09. The highest BCUT2D eigenvalue weighted by Crippen LogP contribution is 2.41. The summed E-state index contributed by atoms with van der Waals surface area (Å²) in [5.41, 5.74) is 0.600. The Hall–Kier alpha value is -1.46. The fourth-order valence-electron chi connectivity index (χ4n) is 1.89. The van der Waals surface area contributed by atoms with Crippen molar-refractivity contribution in [1.29, 1.82) is 0 Å². The zero-order chi connectivity index (χ0) is 14.5. The normalized spacial score (nSPS) is 14.2. The van der Waals surface area contributed by atoms with Crippen LogP contribution in [0.3, 0.4) is 0 Å². The maximum atomic E-state index is 11.4. The Labute approximate surface area is 122 Å². The standard InChI is InChI=1S/C14H17ClO5/c1-2-5-18-13(17)4-3-11(16)9-6-10(15)14-12(7-9)19-8-20-14/h6-7,11,16H,2-5,8H2,1H3. The lowest BCUT2D eigenvalue weighted by atomic mass is 10.0. The highest BCUT2D eigenvalue weighted by Gasteiger charge is 2.21. The maximum absolute atomic E-state index is 11.4. The molecule has 0 aliphatic carbocycles. The van der Waals surface area contributed by atoms with Gasteiger partial charge in [0.2, 0.25) is 6.79 Å². The number of aliphatic hydroxyl groups is 1. The Bertz CT molecular complexity index is 489. The van der Waals surface area contributed by atoms with Crippen LogP contribution in [0.1, 0.15) is 37.9 Å². The lowest BCUT2D eigenvalue weighted by Gasteiger charge is -2.12. The Morgan fingerprint density at radius 3 is 3.05 bits per heavy atom. The lowest BCUT2D eigenvalue weighted by Crippen LogP contribution is -2.08. The van der Waals surface area contributed by atoms with Crippen LogP contribution in [0, 0.1) is 0 Å². The van der Waals surface area contributed by atoms with Gasteiger partial charge in [0.05, 0.1) is 17.7 Å². The number of carbonyl (C=O) groups excluding carboxylic acids is 1. The first-order valence-corrected chi connectivity index (χ1v) is 6.92. The second-order valence-electron chi connectivity index (χ2n) is 4.51. The predicted molar refractivity (Wildman–Crippen MR) is 73.0 cm³/mol. The molecule has 1 aromatic carbocycles. The first-order chi connectivity index (χ1) is 9.61. The third-order valence-corrected chi connectivity index (χ3v) is 3.20. The van der Waals surface area contributed by atoms with Gasteiger partial charge in [-0.25, -0.2) is 0 Å². The molecule has 0 spiro atoms. The monoisotopic (exact) mass is 300 g/mol. The van der Waals surface area contributed by atoms with Gasteiger partial charge >= 0.3 is 5.97 Å². The number of carbonyl (C=O) groups is 1. The van der Waals surface area contributed by atoms with Gasteiger partial charge in [-0.3, -0.25) is 4.79 Å². The minimum absolute atomic E-state index is 0.123. The van der Waals surface area contributed by atoms with Crippen LogP contribution >= 0.6 is 11.6 Å². The van der Waals surface area contributed by atoms with E-state index in [1.165, 1.54) is 0 Å². The number of hydrogen-bond donors (Lipinski definition) is 1. The Morgan fingerprint density at radius 2 is 2.30 bits per heavy atom. The summed E-state index contributed by atoms with van der Waals surface area (Å²) in [7, 11) is 0. The molecule has 0 radical (unpaired) electrons. The minimum Gasteiger partial charge on any atom is -0.466 e. The smallest absolute Gasteiger partial charge is 0.305 e. The van der Waals surface area contributed by atoms with Crippen LogP contribution in [-0.2, 0) is 9.53 Å². The Balaban J connectivity index is 1.94. The number of hydrogen-bond acceptors (Lipinski definition) is 5. The summed E-state index contributed by atoms with van der Waals surface area (Å²) in [6, 6.07) is 3.30. The van der Waals surface area contributed by atoms with Crippen molar-refractivity contribution < 1.29 is 24.1 Å². The van der Waals surface area contributed by atoms with E-state index in [1.807, 2.05) is 6.92 Å². The van der Waals surface area contributed by atoms with E-state index in [0.29, 0.717) is 28.7 Å². The van der Waals surface area contributed by atoms with Crippen molar-refractivity contribution >= 4 is 17.6 Å². The van der Waals surface area contributed by atoms with E-state index in [1.54, 1.807) is 12.1 Å². The van der Waals surface area contributed by atoms with E-state index in [4.69, 9.17) is 25.8 Å². The van der Waals surface area contributed by atoms with E-state index < -0.39 is 6.10 Å². The zero-order valence-corrected chi connectivity index (χ0v) is 12.0. The molecule has 1 atom stereocenters. The lowest BCUT2D eigenvalue weighted by molar-refractivity contribution is -0.144. The molecule has 0 bridgehead atoms. The van der Waals surface area contributed by atoms with E-state index in [9.17, 15) is 9.90 Å². The van der Waals surface area contributed by atoms with Crippen LogP contribution < -0.4 is 9.47 Å². The molecular weight excluding hydrogens is 284 g/mol. The van der Waals surface area contributed by atoms with Gasteiger partial charge in [-0.2, -0.15) is 0 Å². The molecule has 1 unspecified atom stereocenters. The molecule has 0 fully saturated rings. The van der Waals surface area contributed by atoms with Gasteiger partial charge in [0.1, 0.15) is 0 Å². The van der Waals surface area contributed by atoms with Crippen LogP contribution in [-0.4, -0.2) is 24.5 Å². The van der Waals surface area contributed by atoms with Crippen molar-refractivity contribution in [2.75, 3.05) is 13.4 Å². The summed E-state index contributed by atoms with van der Waals surface area (Å²) in [6.45, 7) is 2.46. The largest absolute Gasteiger partial charge is 0.466 e. The van der Waals surface area contributed by atoms with Crippen LogP contribution in [0.25, 0.3) is 0 Å². The average molecular weight is 301 g/mol. The molecule has 0 saturated heterocycles. The van der Waals surface area contributed by atoms with E-state index in [0.717, 1.165) is 6.42 Å². The number of aliphatic hydroxyl groups excluding tert-OH is 1. The molecule has 1 heterocycles. The van der Waals surface area contributed by atoms with Crippen molar-refractivity contribution in [2.24, 2.45) is 0 Å². The van der Waals surface area contributed by atoms with Gasteiger partial charge in [-0.1, -0.05) is 18.5 Å². The summed E-state index contributed by atoms with van der Waals surface area (Å²) in [5.74, 6) is 0.697. The highest BCUT2D eigenvalue weighted by atomic mass is 35.5. The second kappa shape index (κ2) is 6.81. The Morgan fingerprint density at radius 1 is 1.50 bits per heavy atom. The first-order valence-electron chi connectivity index (χ1n) is 6.54. The van der Waals surface area contributed by atoms with Gasteiger partial charge in [-0.05, 0) is 30.5 Å². The van der Waals surface area contributed by atoms with Crippen LogP contribution in [0.2, 0.25) is 5.02 Å². The molecule has 5 nitrogen and oxygen atoms in total. The summed E-state index contributed by atoms with van der Waals surface area (Å²) in [5, 5.41) is 10.5. The molecule has 110 valence electrons. The first kappa shape index (κ1) is 14.9. The summed E-state index contributed by atoms with van der Waals surface area (Å²) >= 11 is 6.04. The quantitative estimate of drug-likeness (QED) is 0.818. The topological polar surface area (TPSA) is 65.0 Å². The fourth-order valence-corrected chi connectivity index (χ4v) is 2.16. The molecule has 0 amide bonds. The van der Waals surface area contributed by atoms with Crippen molar-refractivity contribution in [2.45, 2.75) is 32.3 Å². The van der Waals surface area contributed by atoms with Crippen LogP contribution in [0.4, 0.5) is 0 Å². The van der Waals surface area contributed by atoms with Gasteiger partial charge in [0.15, 0.2) is 11.5 Å². The molecular formula is C14H17ClO5. The fraction of sp³-hybridized carbons (Fsp3) is 0.500. The average Bonchev–Trinajstić information content (AvgIpc) is 2.91. The predicted octanol–water partition coefficient (Wildman–Crippen LogP) is 2.84. The third-order valence-electron chi connectivity index (χ3n) is 2.92. The highest BCUT2D eigenvalue weighted by molar-refractivity contribution is 6.32. The van der Waals surface area contributed by atoms with Gasteiger partial charge in [0, 0.05) is 6.42 Å². The molecule has 0 aromatic heterocycles. The summed E-state index contributed by atoms with van der Waals surface area (Å²) < 4.78 is 15.4. The van der Waals surface area contributed by atoms with Gasteiger partial charge in [-0.15, -0.1) is 0 Å². The summed E-state index contributed by atoms with van der Waals surface area (Å²) in [6.07, 6.45) is 0.425. The molecule has 1 N–H and O–H groups in total. The van der Waals surface area contributed by atoms with Crippen molar-refractivity contribution in [1.82, 2.24) is 0 Å². The van der Waals surface area contributed by atoms with Crippen LogP contribution in [0.5, 0.6) is 11.5 Å². The number of fused-ring (bicyclic) bond motifs is 1. The molecule has 2 rings (SSSR count). The van der Waals surface area contributed by atoms with E-state index in [-0.39, 0.29) is 25.6 Å². The SMILES string of the molecule is CCCOC(=O)CCC(O)c1cc(Cl)c2c(c1)OCO2. The number of ether oxygens (including phenoxy) is 3.